The number of benzene rings is 4. The molecule has 3 atom stereocenters. The maximum Gasteiger partial charge on any atom is 0.248 e. The molecule has 1 saturated heterocycles. The highest BCUT2D eigenvalue weighted by Crippen LogP contribution is 2.69. The van der Waals surface area contributed by atoms with E-state index in [0.717, 1.165) is 10.5 Å². The fourth-order valence-corrected chi connectivity index (χ4v) is 8.36. The second-order valence-corrected chi connectivity index (χ2v) is 12.5. The summed E-state index contributed by atoms with van der Waals surface area (Å²) in [5.74, 6) is -2.76. The molecule has 0 spiro atoms. The van der Waals surface area contributed by atoms with Gasteiger partial charge in [0.1, 0.15) is 27.3 Å². The quantitative estimate of drug-likeness (QED) is 0.206. The van der Waals surface area contributed by atoms with Crippen molar-refractivity contribution in [2.45, 2.75) is 22.2 Å². The van der Waals surface area contributed by atoms with E-state index in [9.17, 15) is 14.4 Å². The van der Waals surface area contributed by atoms with Crippen LogP contribution in [0.2, 0.25) is 0 Å². The highest BCUT2D eigenvalue weighted by molar-refractivity contribution is 6.36. The molecule has 2 bridgehead atoms. The largest absolute Gasteiger partial charge is 0.497 e. The number of hydrogen-bond donors (Lipinski definition) is 1. The number of amides is 3. The Balaban J connectivity index is 1.36. The highest BCUT2D eigenvalue weighted by Gasteiger charge is 2.73. The summed E-state index contributed by atoms with van der Waals surface area (Å²) in [5, 5.41) is 2.89. The summed E-state index contributed by atoms with van der Waals surface area (Å²) < 4.78 is 10.8. The van der Waals surface area contributed by atoms with Crippen molar-refractivity contribution in [1.29, 1.82) is 0 Å². The molecule has 1 heterocycles. The zero-order valence-electron chi connectivity index (χ0n) is 23.9. The van der Waals surface area contributed by atoms with Gasteiger partial charge in [0.2, 0.25) is 17.7 Å². The van der Waals surface area contributed by atoms with E-state index in [1.54, 1.807) is 18.2 Å². The molecular formula is C35H28Cl2N2O5. The first-order valence-corrected chi connectivity index (χ1v) is 15.0. The van der Waals surface area contributed by atoms with Crippen molar-refractivity contribution in [2.75, 3.05) is 19.5 Å². The number of ether oxygens (including phenoxy) is 2. The molecule has 4 aliphatic rings. The van der Waals surface area contributed by atoms with Gasteiger partial charge in [-0.3, -0.25) is 19.3 Å². The molecule has 9 heteroatoms. The Morgan fingerprint density at radius 2 is 1.27 bits per heavy atom. The van der Waals surface area contributed by atoms with Crippen LogP contribution in [0.3, 0.4) is 0 Å². The lowest BCUT2D eigenvalue weighted by Crippen LogP contribution is -2.57. The molecule has 7 nitrogen and oxygen atoms in total. The number of imide groups is 1. The Morgan fingerprint density at radius 1 is 0.773 bits per heavy atom. The van der Waals surface area contributed by atoms with Crippen LogP contribution in [-0.2, 0) is 30.6 Å². The lowest BCUT2D eigenvalue weighted by atomic mass is 9.54. The number of nitrogens with one attached hydrogen (secondary N) is 1. The highest BCUT2D eigenvalue weighted by atomic mass is 35.5. The second kappa shape index (κ2) is 10.4. The number of carbonyl (C=O) groups is 3. The van der Waals surface area contributed by atoms with Gasteiger partial charge in [-0.05, 0) is 39.9 Å². The summed E-state index contributed by atoms with van der Waals surface area (Å²) in [6.45, 7) is 0. The fraction of sp³-hybridized carbons (Fsp3) is 0.229. The van der Waals surface area contributed by atoms with Gasteiger partial charge in [0.05, 0.1) is 31.7 Å². The number of methoxy groups -OCH3 is 2. The zero-order chi connectivity index (χ0) is 30.8. The van der Waals surface area contributed by atoms with Gasteiger partial charge in [0.15, 0.2) is 0 Å². The van der Waals surface area contributed by atoms with Gasteiger partial charge in [-0.15, -0.1) is 23.2 Å². The number of rotatable bonds is 7. The minimum absolute atomic E-state index is 0.0837. The molecule has 4 aromatic rings. The van der Waals surface area contributed by atoms with Crippen molar-refractivity contribution in [2.24, 2.45) is 11.8 Å². The number of hydrogen-bond acceptors (Lipinski definition) is 5. The first-order valence-electron chi connectivity index (χ1n) is 14.3. The normalized spacial score (nSPS) is 25.1. The lowest BCUT2D eigenvalue weighted by molar-refractivity contribution is -0.146. The van der Waals surface area contributed by atoms with E-state index in [-0.39, 0.29) is 6.42 Å². The molecule has 1 aliphatic heterocycles. The number of nitrogens with zero attached hydrogens (tertiary/aromatic N) is 1. The minimum atomic E-state index is -1.35. The van der Waals surface area contributed by atoms with Gasteiger partial charge in [-0.25, -0.2) is 0 Å². The number of alkyl halides is 2. The molecule has 0 radical (unpaired) electrons. The van der Waals surface area contributed by atoms with Crippen LogP contribution in [0.5, 0.6) is 11.5 Å². The van der Waals surface area contributed by atoms with Crippen molar-refractivity contribution >= 4 is 46.6 Å². The molecule has 4 aromatic carbocycles. The van der Waals surface area contributed by atoms with Crippen LogP contribution in [0, 0.1) is 11.8 Å². The predicted molar refractivity (Wildman–Crippen MR) is 167 cm³/mol. The van der Waals surface area contributed by atoms with Crippen LogP contribution < -0.4 is 14.8 Å². The average Bonchev–Trinajstić information content (AvgIpc) is 3.33. The summed E-state index contributed by atoms with van der Waals surface area (Å²) >= 11 is 15.2. The minimum Gasteiger partial charge on any atom is -0.497 e. The molecule has 44 heavy (non-hydrogen) atoms. The van der Waals surface area contributed by atoms with Gasteiger partial charge >= 0.3 is 0 Å². The SMILES string of the molecule is COc1ccc(OC)c(NC(=O)[C@H](Cc2ccccc2)N2C(=O)[C@H]3[C@H](C2=O)C2(Cl)c4ccccc4C3(Cl)c3ccccc32)c1. The monoisotopic (exact) mass is 626 g/mol. The average molecular weight is 628 g/mol. The molecule has 1 fully saturated rings. The van der Waals surface area contributed by atoms with Crippen molar-refractivity contribution in [3.63, 3.8) is 0 Å². The lowest BCUT2D eigenvalue weighted by Gasteiger charge is -2.54. The maximum absolute atomic E-state index is 14.7. The van der Waals surface area contributed by atoms with Crippen molar-refractivity contribution < 1.29 is 23.9 Å². The molecule has 1 N–H and O–H groups in total. The van der Waals surface area contributed by atoms with Crippen LogP contribution >= 0.6 is 23.2 Å². The Labute approximate surface area is 264 Å². The molecule has 0 unspecified atom stereocenters. The molecule has 0 aromatic heterocycles. The third kappa shape index (κ3) is 3.85. The van der Waals surface area contributed by atoms with Crippen LogP contribution in [0.15, 0.2) is 97.1 Å². The molecule has 0 saturated carbocycles. The standard InChI is InChI=1S/C35H28Cl2N2O5/c1-43-21-16-17-28(44-2)26(19-21)38-31(40)27(18-20-10-4-3-5-11-20)39-32(41)29-30(33(39)42)35(37)23-13-7-6-12-22(23)34(29,36)24-14-8-9-15-25(24)35/h3-17,19,27,29-30H,18H2,1-2H3,(H,38,40)/t27-,29+,30+,34?,35?/m0/s1. The van der Waals surface area contributed by atoms with E-state index < -0.39 is 45.3 Å². The van der Waals surface area contributed by atoms with E-state index >= 15 is 0 Å². The maximum atomic E-state index is 14.7. The van der Waals surface area contributed by atoms with Gasteiger partial charge in [-0.2, -0.15) is 0 Å². The van der Waals surface area contributed by atoms with E-state index in [2.05, 4.69) is 5.32 Å². The summed E-state index contributed by atoms with van der Waals surface area (Å²) in [4.78, 5) is 41.9. The van der Waals surface area contributed by atoms with E-state index in [4.69, 9.17) is 32.7 Å². The molecule has 3 amide bonds. The van der Waals surface area contributed by atoms with Crippen molar-refractivity contribution in [3.8, 4) is 11.5 Å². The summed E-state index contributed by atoms with van der Waals surface area (Å²) in [5.41, 5.74) is 3.91. The second-order valence-electron chi connectivity index (χ2n) is 11.3. The van der Waals surface area contributed by atoms with Crippen molar-refractivity contribution in [3.05, 3.63) is 125 Å². The predicted octanol–water partition coefficient (Wildman–Crippen LogP) is 5.85. The smallest absolute Gasteiger partial charge is 0.248 e. The summed E-state index contributed by atoms with van der Waals surface area (Å²) in [7, 11) is 3.01. The first-order chi connectivity index (χ1) is 21.2. The van der Waals surface area contributed by atoms with Gasteiger partial charge < -0.3 is 14.8 Å². The Bertz CT molecular complexity index is 1710. The van der Waals surface area contributed by atoms with E-state index in [0.29, 0.717) is 39.4 Å². The zero-order valence-corrected chi connectivity index (χ0v) is 25.4. The van der Waals surface area contributed by atoms with E-state index in [1.807, 2.05) is 78.9 Å². The molecular weight excluding hydrogens is 599 g/mol. The number of likely N-dealkylation sites (tertiary alicyclic amines) is 1. The van der Waals surface area contributed by atoms with Gasteiger partial charge in [0.25, 0.3) is 0 Å². The number of anilines is 1. The first kappa shape index (κ1) is 28.4. The topological polar surface area (TPSA) is 84.9 Å². The molecule has 3 aliphatic carbocycles. The fourth-order valence-electron chi connectivity index (χ4n) is 7.26. The Hall–Kier alpha value is -4.33. The summed E-state index contributed by atoms with van der Waals surface area (Å²) in [6.07, 6.45) is 0.0837. The molecule has 222 valence electrons. The van der Waals surface area contributed by atoms with Gasteiger partial charge in [-0.1, -0.05) is 78.9 Å². The van der Waals surface area contributed by atoms with Crippen LogP contribution in [-0.4, -0.2) is 42.9 Å². The third-order valence-corrected chi connectivity index (χ3v) is 10.5. The van der Waals surface area contributed by atoms with Crippen LogP contribution in [0.1, 0.15) is 27.8 Å². The third-order valence-electron chi connectivity index (χ3n) is 9.17. The molecule has 8 rings (SSSR count). The Kier molecular flexibility index (Phi) is 6.72. The van der Waals surface area contributed by atoms with Crippen LogP contribution in [0.25, 0.3) is 0 Å². The van der Waals surface area contributed by atoms with Gasteiger partial charge in [0, 0.05) is 12.5 Å². The summed E-state index contributed by atoms with van der Waals surface area (Å²) in [6, 6.07) is 28.0. The van der Waals surface area contributed by atoms with E-state index in [1.165, 1.54) is 14.2 Å². The van der Waals surface area contributed by atoms with Crippen molar-refractivity contribution in [1.82, 2.24) is 4.90 Å². The number of carbonyl (C=O) groups excluding carboxylic acids is 3. The number of halogens is 2. The Morgan fingerprint density at radius 3 is 1.75 bits per heavy atom. The van der Waals surface area contributed by atoms with Crippen LogP contribution in [0.4, 0.5) is 5.69 Å².